The Morgan fingerprint density at radius 1 is 1.00 bits per heavy atom. The summed E-state index contributed by atoms with van der Waals surface area (Å²) in [6.07, 6.45) is 3.87. The van der Waals surface area contributed by atoms with Crippen molar-refractivity contribution >= 4 is 21.1 Å². The Morgan fingerprint density at radius 2 is 1.79 bits per heavy atom. The first-order chi connectivity index (χ1) is 20.8. The lowest BCUT2D eigenvalue weighted by Crippen LogP contribution is -2.48. The van der Waals surface area contributed by atoms with Crippen molar-refractivity contribution in [1.29, 1.82) is 0 Å². The van der Waals surface area contributed by atoms with Crippen molar-refractivity contribution in [2.24, 2.45) is 0 Å². The minimum atomic E-state index is -3.77. The summed E-state index contributed by atoms with van der Waals surface area (Å²) in [6, 6.07) is 8.39. The van der Waals surface area contributed by atoms with Gasteiger partial charge < -0.3 is 19.4 Å². The molecule has 4 aromatic rings. The second-order valence-corrected chi connectivity index (χ2v) is 12.4. The average molecular weight is 610 g/mol. The summed E-state index contributed by atoms with van der Waals surface area (Å²) in [7, 11) is -2.19. The van der Waals surface area contributed by atoms with Crippen LogP contribution in [0.4, 0.5) is 0 Å². The van der Waals surface area contributed by atoms with Crippen LogP contribution in [-0.2, 0) is 23.0 Å². The van der Waals surface area contributed by atoms with Gasteiger partial charge in [-0.1, -0.05) is 27.2 Å². The van der Waals surface area contributed by atoms with E-state index in [4.69, 9.17) is 14.5 Å². The molecule has 1 fully saturated rings. The number of pyridine rings is 1. The highest BCUT2D eigenvalue weighted by atomic mass is 32.2. The van der Waals surface area contributed by atoms with Crippen LogP contribution < -0.4 is 15.0 Å². The van der Waals surface area contributed by atoms with Crippen LogP contribution in [0.5, 0.6) is 11.5 Å². The van der Waals surface area contributed by atoms with Crippen LogP contribution in [0, 0.1) is 0 Å². The minimum Gasteiger partial charge on any atom is -0.495 e. The molecule has 43 heavy (non-hydrogen) atoms. The molecular weight excluding hydrogens is 570 g/mol. The van der Waals surface area contributed by atoms with Gasteiger partial charge in [-0.2, -0.15) is 9.40 Å². The van der Waals surface area contributed by atoms with Crippen LogP contribution in [0.1, 0.15) is 45.0 Å². The molecule has 0 bridgehead atoms. The Kier molecular flexibility index (Phi) is 9.43. The maximum atomic E-state index is 13.7. The number of aromatic amines is 1. The van der Waals surface area contributed by atoms with E-state index in [9.17, 15) is 13.2 Å². The van der Waals surface area contributed by atoms with E-state index in [2.05, 4.69) is 26.9 Å². The summed E-state index contributed by atoms with van der Waals surface area (Å²) in [5.41, 5.74) is 2.11. The molecule has 4 heterocycles. The van der Waals surface area contributed by atoms with E-state index in [0.29, 0.717) is 74.0 Å². The highest BCUT2D eigenvalue weighted by Crippen LogP contribution is 2.33. The van der Waals surface area contributed by atoms with Gasteiger partial charge in [0.2, 0.25) is 10.0 Å². The Labute approximate surface area is 251 Å². The molecule has 0 amide bonds. The molecule has 0 radical (unpaired) electrons. The number of methoxy groups -OCH3 is 1. The lowest BCUT2D eigenvalue weighted by atomic mass is 10.1. The second kappa shape index (κ2) is 13.2. The number of nitrogens with zero attached hydrogens (tertiary/aromatic N) is 6. The molecular formula is C30H39N7O5S. The summed E-state index contributed by atoms with van der Waals surface area (Å²) in [4.78, 5) is 28.0. The smallest absolute Gasteiger partial charge is 0.279 e. The molecule has 0 aliphatic carbocycles. The van der Waals surface area contributed by atoms with Crippen molar-refractivity contribution in [1.82, 2.24) is 33.9 Å². The summed E-state index contributed by atoms with van der Waals surface area (Å²) in [5.74, 6) is 1.30. The van der Waals surface area contributed by atoms with Gasteiger partial charge in [0.15, 0.2) is 5.52 Å². The van der Waals surface area contributed by atoms with Crippen LogP contribution in [-0.4, -0.2) is 88.8 Å². The molecule has 12 nitrogen and oxygen atoms in total. The maximum absolute atomic E-state index is 13.7. The van der Waals surface area contributed by atoms with Crippen LogP contribution in [0.3, 0.4) is 0 Å². The van der Waals surface area contributed by atoms with Gasteiger partial charge in [0, 0.05) is 32.4 Å². The number of piperazine rings is 1. The zero-order chi connectivity index (χ0) is 30.6. The lowest BCUT2D eigenvalue weighted by Gasteiger charge is -2.33. The zero-order valence-corrected chi connectivity index (χ0v) is 26.0. The number of H-pyrrole nitrogens is 1. The molecule has 0 unspecified atom stereocenters. The van der Waals surface area contributed by atoms with Crippen LogP contribution in [0.25, 0.3) is 22.4 Å². The van der Waals surface area contributed by atoms with Gasteiger partial charge in [0.25, 0.3) is 5.56 Å². The minimum absolute atomic E-state index is 0.130. The highest BCUT2D eigenvalue weighted by molar-refractivity contribution is 7.89. The first kappa shape index (κ1) is 30.6. The molecule has 1 saturated heterocycles. The summed E-state index contributed by atoms with van der Waals surface area (Å²) in [6.45, 7) is 9.91. The fraction of sp³-hybridized carbons (Fsp3) is 0.467. The maximum Gasteiger partial charge on any atom is 0.279 e. The van der Waals surface area contributed by atoms with Gasteiger partial charge in [-0.15, -0.1) is 0 Å². The average Bonchev–Trinajstić information content (AvgIpc) is 3.37. The number of fused-ring (bicyclic) bond motifs is 1. The number of aryl methyl sites for hydroxylation is 1. The number of sulfonamides is 1. The van der Waals surface area contributed by atoms with E-state index in [1.807, 2.05) is 19.9 Å². The number of hydrogen-bond acceptors (Lipinski definition) is 9. The van der Waals surface area contributed by atoms with Crippen molar-refractivity contribution in [2.45, 2.75) is 51.5 Å². The van der Waals surface area contributed by atoms with Crippen molar-refractivity contribution in [2.75, 3.05) is 46.4 Å². The molecule has 0 spiro atoms. The van der Waals surface area contributed by atoms with Gasteiger partial charge in [0.1, 0.15) is 28.5 Å². The lowest BCUT2D eigenvalue weighted by molar-refractivity contribution is 0.196. The molecule has 1 aliphatic rings. The molecule has 1 N–H and O–H groups in total. The van der Waals surface area contributed by atoms with E-state index in [0.717, 1.165) is 25.1 Å². The van der Waals surface area contributed by atoms with Gasteiger partial charge in [-0.3, -0.25) is 14.5 Å². The number of nitrogens with one attached hydrogen (secondary N) is 1. The quantitative estimate of drug-likeness (QED) is 0.257. The third kappa shape index (κ3) is 6.29. The summed E-state index contributed by atoms with van der Waals surface area (Å²) in [5, 5.41) is 4.62. The van der Waals surface area contributed by atoms with Crippen molar-refractivity contribution < 1.29 is 17.9 Å². The van der Waals surface area contributed by atoms with E-state index < -0.39 is 15.6 Å². The fourth-order valence-electron chi connectivity index (χ4n) is 5.30. The number of hydrogen-bond donors (Lipinski definition) is 1. The van der Waals surface area contributed by atoms with Crippen molar-refractivity contribution in [3.8, 4) is 22.9 Å². The van der Waals surface area contributed by atoms with E-state index in [1.54, 1.807) is 42.3 Å². The number of benzene rings is 1. The zero-order valence-electron chi connectivity index (χ0n) is 25.2. The summed E-state index contributed by atoms with van der Waals surface area (Å²) >= 11 is 0. The molecule has 3 aromatic heterocycles. The Bertz CT molecular complexity index is 1740. The first-order valence-corrected chi connectivity index (χ1v) is 16.2. The number of aromatic nitrogens is 5. The highest BCUT2D eigenvalue weighted by Gasteiger charge is 2.29. The van der Waals surface area contributed by atoms with Gasteiger partial charge >= 0.3 is 0 Å². The summed E-state index contributed by atoms with van der Waals surface area (Å²) < 4.78 is 42.1. The monoisotopic (exact) mass is 609 g/mol. The molecule has 1 aromatic carbocycles. The predicted molar refractivity (Wildman–Crippen MR) is 164 cm³/mol. The van der Waals surface area contributed by atoms with Crippen LogP contribution in [0.15, 0.2) is 46.2 Å². The van der Waals surface area contributed by atoms with Gasteiger partial charge in [-0.25, -0.2) is 13.4 Å². The van der Waals surface area contributed by atoms with E-state index in [1.165, 1.54) is 4.31 Å². The largest absolute Gasteiger partial charge is 0.495 e. The van der Waals surface area contributed by atoms with Crippen molar-refractivity contribution in [3.63, 3.8) is 0 Å². The topological polar surface area (TPSA) is 136 Å². The normalized spacial score (nSPS) is 14.8. The second-order valence-electron chi connectivity index (χ2n) is 10.5. The molecule has 1 aliphatic heterocycles. The molecule has 230 valence electrons. The fourth-order valence-corrected chi connectivity index (χ4v) is 6.75. The van der Waals surface area contributed by atoms with Crippen LogP contribution in [0.2, 0.25) is 0 Å². The van der Waals surface area contributed by atoms with Crippen LogP contribution >= 0.6 is 0 Å². The standard InChI is InChI=1S/C30H39N7O5S/c1-5-9-24-27-28(34-37(24)20-23-26(41-4)10-8-13-31-23)30(38)33-29(32-27)22-19-21(11-12-25(22)42-18-6-2)43(39,40)36-16-14-35(7-3)15-17-36/h8,10-13,19H,5-7,9,14-18,20H2,1-4H3,(H,32,33,38). The third-order valence-corrected chi connectivity index (χ3v) is 9.53. The number of likely N-dealkylation sites (N-methyl/N-ethyl adjacent to an activating group) is 1. The number of rotatable bonds is 12. The van der Waals surface area contributed by atoms with Crippen molar-refractivity contribution in [3.05, 3.63) is 58.3 Å². The Hall–Kier alpha value is -3.81. The Balaban J connectivity index is 1.60. The van der Waals surface area contributed by atoms with E-state index >= 15 is 0 Å². The third-order valence-electron chi connectivity index (χ3n) is 7.64. The molecule has 5 rings (SSSR count). The Morgan fingerprint density at radius 3 is 2.49 bits per heavy atom. The van der Waals surface area contributed by atoms with Gasteiger partial charge in [-0.05, 0) is 49.7 Å². The molecule has 0 atom stereocenters. The molecule has 0 saturated carbocycles. The van der Waals surface area contributed by atoms with E-state index in [-0.39, 0.29) is 16.2 Å². The SMILES string of the molecule is CCCOc1ccc(S(=O)(=O)N2CCN(CC)CC2)cc1-c1nc2c(CCC)n(Cc3ncccc3OC)nc2c(=O)[nH]1. The number of ether oxygens (including phenoxy) is 2. The molecule has 13 heteroatoms. The first-order valence-electron chi connectivity index (χ1n) is 14.8. The van der Waals surface area contributed by atoms with Gasteiger partial charge in [0.05, 0.1) is 36.4 Å². The predicted octanol–water partition coefficient (Wildman–Crippen LogP) is 3.31.